The summed E-state index contributed by atoms with van der Waals surface area (Å²) in [4.78, 5) is 0. The standard InChI is InChI=1S/C16H18.C7H10OSi/c1-16(2,3)15-12-8-7-11-14(15)13-9-5-4-6-10-13;9-8-6-7-4-2-1-3-5-7/h4-12H,1-3H3;1-5H,6H2,9H3. The minimum absolute atomic E-state index is 0.187. The first-order valence-corrected chi connectivity index (χ1v) is 9.52. The van der Waals surface area contributed by atoms with Crippen molar-refractivity contribution in [2.75, 3.05) is 0 Å². The third kappa shape index (κ3) is 6.00. The maximum Gasteiger partial charge on any atom is 0.146 e. The lowest BCUT2D eigenvalue weighted by molar-refractivity contribution is 0.338. The first kappa shape index (κ1) is 19.2. The van der Waals surface area contributed by atoms with Gasteiger partial charge in [-0.15, -0.1) is 0 Å². The highest BCUT2D eigenvalue weighted by Gasteiger charge is 2.17. The van der Waals surface area contributed by atoms with Crippen LogP contribution in [-0.4, -0.2) is 10.5 Å². The van der Waals surface area contributed by atoms with E-state index in [9.17, 15) is 0 Å². The number of benzene rings is 3. The fraction of sp³-hybridized carbons (Fsp3) is 0.217. The molecule has 0 amide bonds. The summed E-state index contributed by atoms with van der Waals surface area (Å²) in [7, 11) is 0.824. The van der Waals surface area contributed by atoms with E-state index in [1.807, 2.05) is 18.2 Å². The molecule has 130 valence electrons. The Morgan fingerprint density at radius 2 is 1.24 bits per heavy atom. The van der Waals surface area contributed by atoms with Crippen molar-refractivity contribution in [2.24, 2.45) is 0 Å². The van der Waals surface area contributed by atoms with Gasteiger partial charge in [0, 0.05) is 0 Å². The van der Waals surface area contributed by atoms with Crippen LogP contribution in [0.2, 0.25) is 0 Å². The molecule has 0 aromatic heterocycles. The number of rotatable bonds is 3. The van der Waals surface area contributed by atoms with Crippen LogP contribution in [0.4, 0.5) is 0 Å². The number of hydrogen-bond acceptors (Lipinski definition) is 1. The Kier molecular flexibility index (Phi) is 7.17. The Balaban J connectivity index is 0.000000212. The highest BCUT2D eigenvalue weighted by atomic mass is 28.2. The van der Waals surface area contributed by atoms with E-state index >= 15 is 0 Å². The Bertz CT molecular complexity index is 746. The van der Waals surface area contributed by atoms with Crippen LogP contribution in [0.3, 0.4) is 0 Å². The van der Waals surface area contributed by atoms with E-state index < -0.39 is 0 Å². The predicted octanol–water partition coefficient (Wildman–Crippen LogP) is 5.13. The quantitative estimate of drug-likeness (QED) is 0.596. The summed E-state index contributed by atoms with van der Waals surface area (Å²) in [5.41, 5.74) is 5.49. The normalized spacial score (nSPS) is 10.8. The third-order valence-electron chi connectivity index (χ3n) is 3.97. The summed E-state index contributed by atoms with van der Waals surface area (Å²) in [5.74, 6) is 0. The maximum absolute atomic E-state index is 5.07. The minimum Gasteiger partial charge on any atom is -0.424 e. The predicted molar refractivity (Wildman–Crippen MR) is 112 cm³/mol. The van der Waals surface area contributed by atoms with Gasteiger partial charge in [-0.3, -0.25) is 0 Å². The largest absolute Gasteiger partial charge is 0.424 e. The Hall–Kier alpha value is -2.16. The van der Waals surface area contributed by atoms with E-state index in [2.05, 4.69) is 87.5 Å². The van der Waals surface area contributed by atoms with Crippen molar-refractivity contribution in [3.63, 3.8) is 0 Å². The summed E-state index contributed by atoms with van der Waals surface area (Å²) in [5, 5.41) is 0. The van der Waals surface area contributed by atoms with Gasteiger partial charge in [0.25, 0.3) is 0 Å². The topological polar surface area (TPSA) is 9.23 Å². The van der Waals surface area contributed by atoms with Gasteiger partial charge < -0.3 is 4.43 Å². The van der Waals surface area contributed by atoms with Crippen molar-refractivity contribution in [1.82, 2.24) is 0 Å². The Labute approximate surface area is 155 Å². The van der Waals surface area contributed by atoms with E-state index in [1.165, 1.54) is 22.3 Å². The Morgan fingerprint density at radius 3 is 1.80 bits per heavy atom. The first-order valence-electron chi connectivity index (χ1n) is 8.70. The van der Waals surface area contributed by atoms with Gasteiger partial charge in [-0.2, -0.15) is 0 Å². The van der Waals surface area contributed by atoms with E-state index in [-0.39, 0.29) is 5.41 Å². The second-order valence-electron chi connectivity index (χ2n) is 7.08. The van der Waals surface area contributed by atoms with Crippen LogP contribution < -0.4 is 0 Å². The van der Waals surface area contributed by atoms with Gasteiger partial charge in [-0.1, -0.05) is 106 Å². The lowest BCUT2D eigenvalue weighted by Gasteiger charge is -2.23. The van der Waals surface area contributed by atoms with Crippen LogP contribution in [0.1, 0.15) is 31.9 Å². The van der Waals surface area contributed by atoms with Crippen LogP contribution in [0.25, 0.3) is 11.1 Å². The van der Waals surface area contributed by atoms with Gasteiger partial charge in [0.15, 0.2) is 0 Å². The zero-order chi connectivity index (χ0) is 18.1. The van der Waals surface area contributed by atoms with Crippen LogP contribution >= 0.6 is 0 Å². The third-order valence-corrected chi connectivity index (χ3v) is 4.26. The molecule has 0 aliphatic rings. The van der Waals surface area contributed by atoms with Gasteiger partial charge in [0.05, 0.1) is 6.61 Å². The van der Waals surface area contributed by atoms with Crippen molar-refractivity contribution in [3.8, 4) is 11.1 Å². The zero-order valence-corrected chi connectivity index (χ0v) is 17.7. The second kappa shape index (κ2) is 9.35. The second-order valence-corrected chi connectivity index (χ2v) is 7.66. The SMILES string of the molecule is CC(C)(C)c1ccccc1-c1ccccc1.[SiH3]OCc1ccccc1. The molecule has 0 N–H and O–H groups in total. The van der Waals surface area contributed by atoms with E-state index in [4.69, 9.17) is 4.43 Å². The molecule has 0 heterocycles. The molecule has 0 aliphatic carbocycles. The summed E-state index contributed by atoms with van der Waals surface area (Å²) in [6.07, 6.45) is 0. The molecule has 0 atom stereocenters. The zero-order valence-electron chi connectivity index (χ0n) is 15.7. The van der Waals surface area contributed by atoms with Crippen molar-refractivity contribution in [2.45, 2.75) is 32.8 Å². The van der Waals surface area contributed by atoms with E-state index in [0.717, 1.165) is 17.1 Å². The molecule has 0 radical (unpaired) electrons. The monoisotopic (exact) mass is 348 g/mol. The molecule has 0 fully saturated rings. The molecular formula is C23H28OSi. The summed E-state index contributed by atoms with van der Waals surface area (Å²) >= 11 is 0. The minimum atomic E-state index is 0.187. The summed E-state index contributed by atoms with van der Waals surface area (Å²) in [6.45, 7) is 7.55. The van der Waals surface area contributed by atoms with Crippen LogP contribution in [0, 0.1) is 0 Å². The molecule has 0 aliphatic heterocycles. The molecule has 3 aromatic rings. The molecule has 0 saturated heterocycles. The molecule has 0 saturated carbocycles. The van der Waals surface area contributed by atoms with Gasteiger partial charge in [-0.25, -0.2) is 0 Å². The summed E-state index contributed by atoms with van der Waals surface area (Å²) in [6, 6.07) is 29.4. The summed E-state index contributed by atoms with van der Waals surface area (Å²) < 4.78 is 5.07. The average molecular weight is 349 g/mol. The maximum atomic E-state index is 5.07. The van der Waals surface area contributed by atoms with Gasteiger partial charge in [0.2, 0.25) is 0 Å². The molecule has 2 heteroatoms. The molecule has 1 nitrogen and oxygen atoms in total. The molecule has 25 heavy (non-hydrogen) atoms. The van der Waals surface area contributed by atoms with Gasteiger partial charge >= 0.3 is 0 Å². The first-order chi connectivity index (χ1) is 12.0. The number of hydrogen-bond donors (Lipinski definition) is 0. The van der Waals surface area contributed by atoms with Crippen LogP contribution in [0.15, 0.2) is 84.9 Å². The van der Waals surface area contributed by atoms with Gasteiger partial charge in [0.1, 0.15) is 10.5 Å². The fourth-order valence-corrected chi connectivity index (χ4v) is 3.08. The highest BCUT2D eigenvalue weighted by molar-refractivity contribution is 5.97. The molecule has 3 aromatic carbocycles. The molecule has 0 bridgehead atoms. The lowest BCUT2D eigenvalue weighted by Crippen LogP contribution is -2.12. The molecule has 3 rings (SSSR count). The smallest absolute Gasteiger partial charge is 0.146 e. The van der Waals surface area contributed by atoms with Crippen molar-refractivity contribution >= 4 is 10.5 Å². The lowest BCUT2D eigenvalue weighted by atomic mass is 9.82. The Morgan fingerprint density at radius 1 is 0.720 bits per heavy atom. The molecular weight excluding hydrogens is 320 g/mol. The molecule has 0 spiro atoms. The van der Waals surface area contributed by atoms with Crippen LogP contribution in [-0.2, 0) is 16.4 Å². The average Bonchev–Trinajstić information content (AvgIpc) is 2.63. The van der Waals surface area contributed by atoms with E-state index in [1.54, 1.807) is 0 Å². The van der Waals surface area contributed by atoms with Crippen molar-refractivity contribution in [3.05, 3.63) is 96.1 Å². The fourth-order valence-electron chi connectivity index (χ4n) is 2.75. The van der Waals surface area contributed by atoms with E-state index in [0.29, 0.717) is 0 Å². The van der Waals surface area contributed by atoms with Crippen LogP contribution in [0.5, 0.6) is 0 Å². The highest BCUT2D eigenvalue weighted by Crippen LogP contribution is 2.32. The molecule has 0 unspecified atom stereocenters. The van der Waals surface area contributed by atoms with Gasteiger partial charge in [-0.05, 0) is 27.7 Å². The van der Waals surface area contributed by atoms with Crippen molar-refractivity contribution in [1.29, 1.82) is 0 Å². The van der Waals surface area contributed by atoms with Crippen molar-refractivity contribution < 1.29 is 4.43 Å².